The third kappa shape index (κ3) is 1.70. The first-order valence-corrected chi connectivity index (χ1v) is 5.32. The van der Waals surface area contributed by atoms with E-state index in [0.29, 0.717) is 0 Å². The van der Waals surface area contributed by atoms with Gasteiger partial charge in [0.25, 0.3) is 0 Å². The number of hydrogen-bond donors (Lipinski definition) is 0. The first-order chi connectivity index (χ1) is 7.26. The fourth-order valence-electron chi connectivity index (χ4n) is 1.94. The second kappa shape index (κ2) is 3.93. The lowest BCUT2D eigenvalue weighted by Crippen LogP contribution is -1.82. The van der Waals surface area contributed by atoms with E-state index in [1.807, 2.05) is 12.1 Å². The Morgan fingerprint density at radius 3 is 2.53 bits per heavy atom. The van der Waals surface area contributed by atoms with Gasteiger partial charge < -0.3 is 4.74 Å². The summed E-state index contributed by atoms with van der Waals surface area (Å²) in [4.78, 5) is 0. The van der Waals surface area contributed by atoms with Gasteiger partial charge in [-0.05, 0) is 42.2 Å². The molecule has 0 N–H and O–H groups in total. The summed E-state index contributed by atoms with van der Waals surface area (Å²) in [6.45, 7) is 4.32. The Labute approximate surface area is 91.0 Å². The van der Waals surface area contributed by atoms with Gasteiger partial charge in [-0.25, -0.2) is 0 Å². The Morgan fingerprint density at radius 1 is 1.13 bits per heavy atom. The predicted octanol–water partition coefficient (Wildman–Crippen LogP) is 3.67. The molecule has 0 fully saturated rings. The summed E-state index contributed by atoms with van der Waals surface area (Å²) < 4.78 is 5.40. The number of aryl methyl sites for hydroxylation is 2. The topological polar surface area (TPSA) is 9.23 Å². The maximum Gasteiger partial charge on any atom is 0.126 e. The molecule has 0 saturated carbocycles. The number of fused-ring (bicyclic) bond motifs is 1. The molecule has 0 radical (unpaired) electrons. The highest BCUT2D eigenvalue weighted by Crippen LogP contribution is 2.35. The van der Waals surface area contributed by atoms with Crippen LogP contribution in [0, 0.1) is 6.92 Å². The third-order valence-electron chi connectivity index (χ3n) is 2.86. The van der Waals surface area contributed by atoms with Crippen molar-refractivity contribution in [3.8, 4) is 16.9 Å². The smallest absolute Gasteiger partial charge is 0.126 e. The minimum absolute atomic E-state index is 0.956. The second-order valence-corrected chi connectivity index (χ2v) is 3.82. The molecular weight excluding hydrogens is 184 g/mol. The van der Waals surface area contributed by atoms with E-state index in [-0.39, 0.29) is 0 Å². The summed E-state index contributed by atoms with van der Waals surface area (Å²) in [7, 11) is 1.72. The van der Waals surface area contributed by atoms with Gasteiger partial charge in [-0.3, -0.25) is 0 Å². The molecule has 2 rings (SSSR count). The van der Waals surface area contributed by atoms with E-state index in [9.17, 15) is 0 Å². The van der Waals surface area contributed by atoms with Gasteiger partial charge in [0.15, 0.2) is 0 Å². The van der Waals surface area contributed by atoms with Crippen molar-refractivity contribution >= 4 is 0 Å². The Morgan fingerprint density at radius 2 is 1.87 bits per heavy atom. The molecule has 0 aliphatic heterocycles. The fraction of sp³-hybridized carbons (Fsp3) is 0.286. The van der Waals surface area contributed by atoms with Crippen molar-refractivity contribution in [1.82, 2.24) is 0 Å². The molecule has 1 nitrogen and oxygen atoms in total. The second-order valence-electron chi connectivity index (χ2n) is 3.82. The van der Waals surface area contributed by atoms with E-state index < -0.39 is 0 Å². The lowest BCUT2D eigenvalue weighted by molar-refractivity contribution is 0.417. The molecule has 0 amide bonds. The normalized spacial score (nSPS) is 10.6. The van der Waals surface area contributed by atoms with E-state index >= 15 is 0 Å². The molecule has 2 aliphatic rings. The van der Waals surface area contributed by atoms with Crippen LogP contribution in [-0.2, 0) is 6.42 Å². The molecule has 0 heterocycles. The SMILES string of the molecule is CCc1cc2c(C)cccc(OC)c-2c1. The van der Waals surface area contributed by atoms with Crippen LogP contribution in [0.25, 0.3) is 11.1 Å². The Hall–Kier alpha value is -1.50. The van der Waals surface area contributed by atoms with E-state index in [0.717, 1.165) is 12.2 Å². The maximum atomic E-state index is 5.40. The number of rotatable bonds is 2. The molecule has 0 aromatic carbocycles. The van der Waals surface area contributed by atoms with Crippen molar-refractivity contribution in [3.05, 3.63) is 41.5 Å². The van der Waals surface area contributed by atoms with Gasteiger partial charge >= 0.3 is 0 Å². The molecule has 0 spiro atoms. The summed E-state index contributed by atoms with van der Waals surface area (Å²) in [6, 6.07) is 10.7. The molecule has 0 aromatic rings. The predicted molar refractivity (Wildman–Crippen MR) is 63.7 cm³/mol. The molecule has 2 aliphatic carbocycles. The van der Waals surface area contributed by atoms with E-state index in [1.165, 1.54) is 22.3 Å². The van der Waals surface area contributed by atoms with Crippen molar-refractivity contribution in [1.29, 1.82) is 0 Å². The van der Waals surface area contributed by atoms with Crippen LogP contribution in [0.4, 0.5) is 0 Å². The van der Waals surface area contributed by atoms with Crippen LogP contribution in [0.2, 0.25) is 0 Å². The van der Waals surface area contributed by atoms with Gasteiger partial charge in [0.05, 0.1) is 7.11 Å². The molecule has 0 unspecified atom stereocenters. The van der Waals surface area contributed by atoms with Gasteiger partial charge in [0.1, 0.15) is 5.75 Å². The average molecular weight is 200 g/mol. The zero-order valence-electron chi connectivity index (χ0n) is 9.50. The molecule has 78 valence electrons. The largest absolute Gasteiger partial charge is 0.496 e. The number of ether oxygens (including phenoxy) is 1. The molecule has 0 atom stereocenters. The Kier molecular flexibility index (Phi) is 2.63. The summed E-state index contributed by atoms with van der Waals surface area (Å²) >= 11 is 0. The summed E-state index contributed by atoms with van der Waals surface area (Å²) in [5.41, 5.74) is 5.19. The van der Waals surface area contributed by atoms with Crippen molar-refractivity contribution < 1.29 is 4.74 Å². The van der Waals surface area contributed by atoms with Crippen LogP contribution in [-0.4, -0.2) is 7.11 Å². The summed E-state index contributed by atoms with van der Waals surface area (Å²) in [5, 5.41) is 0. The van der Waals surface area contributed by atoms with E-state index in [1.54, 1.807) is 7.11 Å². The number of hydrogen-bond acceptors (Lipinski definition) is 1. The van der Waals surface area contributed by atoms with Crippen LogP contribution < -0.4 is 4.74 Å². The van der Waals surface area contributed by atoms with Crippen LogP contribution in [0.3, 0.4) is 0 Å². The standard InChI is InChI=1S/C14H16O/c1-4-11-8-12-10(2)6-5-7-14(15-3)13(12)9-11/h5-9H,4H2,1-3H3. The zero-order chi connectivity index (χ0) is 10.8. The molecule has 0 bridgehead atoms. The van der Waals surface area contributed by atoms with Gasteiger partial charge in [-0.15, -0.1) is 0 Å². The average Bonchev–Trinajstić information content (AvgIpc) is 2.62. The summed E-state index contributed by atoms with van der Waals surface area (Å²) in [6.07, 6.45) is 1.07. The molecular formula is C14H16O. The van der Waals surface area contributed by atoms with Gasteiger partial charge in [-0.2, -0.15) is 0 Å². The van der Waals surface area contributed by atoms with Gasteiger partial charge in [0, 0.05) is 5.56 Å². The van der Waals surface area contributed by atoms with Crippen LogP contribution in [0.1, 0.15) is 18.1 Å². The highest BCUT2D eigenvalue weighted by Gasteiger charge is 2.11. The zero-order valence-corrected chi connectivity index (χ0v) is 9.50. The van der Waals surface area contributed by atoms with Crippen molar-refractivity contribution in [2.45, 2.75) is 20.3 Å². The summed E-state index contributed by atoms with van der Waals surface area (Å²) in [5.74, 6) is 0.956. The lowest BCUT2D eigenvalue weighted by atomic mass is 10.1. The Bertz CT molecular complexity index is 446. The Balaban J connectivity index is 2.71. The van der Waals surface area contributed by atoms with Crippen molar-refractivity contribution in [2.75, 3.05) is 7.11 Å². The molecule has 0 saturated heterocycles. The van der Waals surface area contributed by atoms with E-state index in [4.69, 9.17) is 4.74 Å². The van der Waals surface area contributed by atoms with Crippen molar-refractivity contribution in [3.63, 3.8) is 0 Å². The molecule has 1 heteroatoms. The van der Waals surface area contributed by atoms with Gasteiger partial charge in [-0.1, -0.05) is 25.1 Å². The first kappa shape index (κ1) is 10.0. The fourth-order valence-corrected chi connectivity index (χ4v) is 1.94. The van der Waals surface area contributed by atoms with E-state index in [2.05, 4.69) is 32.0 Å². The molecule has 0 aromatic heterocycles. The van der Waals surface area contributed by atoms with Crippen LogP contribution >= 0.6 is 0 Å². The monoisotopic (exact) mass is 200 g/mol. The first-order valence-electron chi connectivity index (χ1n) is 5.32. The van der Waals surface area contributed by atoms with Crippen LogP contribution in [0.5, 0.6) is 5.75 Å². The highest BCUT2D eigenvalue weighted by molar-refractivity contribution is 5.76. The number of methoxy groups -OCH3 is 1. The lowest BCUT2D eigenvalue weighted by Gasteiger charge is -2.02. The third-order valence-corrected chi connectivity index (χ3v) is 2.86. The molecule has 15 heavy (non-hydrogen) atoms. The van der Waals surface area contributed by atoms with Crippen molar-refractivity contribution in [2.24, 2.45) is 0 Å². The van der Waals surface area contributed by atoms with Gasteiger partial charge in [0.2, 0.25) is 0 Å². The quantitative estimate of drug-likeness (QED) is 0.718. The van der Waals surface area contributed by atoms with Crippen LogP contribution in [0.15, 0.2) is 30.3 Å². The minimum Gasteiger partial charge on any atom is -0.496 e. The minimum atomic E-state index is 0.956. The highest BCUT2D eigenvalue weighted by atomic mass is 16.5. The maximum absolute atomic E-state index is 5.40.